The van der Waals surface area contributed by atoms with Crippen LogP contribution in [0.1, 0.15) is 17.0 Å². The van der Waals surface area contributed by atoms with Crippen molar-refractivity contribution in [3.05, 3.63) is 63.5 Å². The van der Waals surface area contributed by atoms with Gasteiger partial charge in [0.25, 0.3) is 5.69 Å². The number of nitro groups is 1. The van der Waals surface area contributed by atoms with Crippen LogP contribution in [0, 0.1) is 24.0 Å². The monoisotopic (exact) mass is 392 g/mol. The number of benzene rings is 2. The van der Waals surface area contributed by atoms with E-state index in [4.69, 9.17) is 0 Å². The van der Waals surface area contributed by atoms with E-state index in [0.29, 0.717) is 11.1 Å². The normalized spacial score (nSPS) is 11.6. The van der Waals surface area contributed by atoms with Crippen LogP contribution in [-0.4, -0.2) is 20.4 Å². The molecule has 0 radical (unpaired) electrons. The zero-order valence-electron chi connectivity index (χ0n) is 14.9. The lowest BCUT2D eigenvalue weighted by Crippen LogP contribution is -2.24. The molecule has 3 rings (SSSR count). The van der Waals surface area contributed by atoms with E-state index in [9.17, 15) is 28.1 Å². The number of nitro benzene ring substituents is 1. The molecule has 0 aliphatic rings. The molecule has 0 unspecified atom stereocenters. The van der Waals surface area contributed by atoms with Crippen molar-refractivity contribution in [3.8, 4) is 0 Å². The quantitative estimate of drug-likeness (QED) is 0.532. The third kappa shape index (κ3) is 3.53. The number of aryl methyl sites for hydroxylation is 1. The van der Waals surface area contributed by atoms with E-state index in [-0.39, 0.29) is 22.4 Å². The molecule has 0 saturated heterocycles. The molecular formula is C18H15F3N4O3. The molecule has 0 fully saturated rings. The second-order valence-corrected chi connectivity index (χ2v) is 6.21. The molecule has 1 heterocycles. The van der Waals surface area contributed by atoms with Crippen molar-refractivity contribution < 1.29 is 22.9 Å². The topological polar surface area (TPSA) is 90.1 Å². The van der Waals surface area contributed by atoms with Gasteiger partial charge in [-0.05, 0) is 37.1 Å². The molecule has 1 amide bonds. The van der Waals surface area contributed by atoms with Gasteiger partial charge in [-0.1, -0.05) is 18.2 Å². The number of rotatable bonds is 4. The fourth-order valence-electron chi connectivity index (χ4n) is 2.89. The van der Waals surface area contributed by atoms with E-state index in [1.165, 1.54) is 30.3 Å². The number of nitrogens with one attached hydrogen (secondary N) is 1. The highest BCUT2D eigenvalue weighted by Crippen LogP contribution is 2.33. The summed E-state index contributed by atoms with van der Waals surface area (Å²) < 4.78 is 40.8. The van der Waals surface area contributed by atoms with Crippen LogP contribution in [0.3, 0.4) is 0 Å². The minimum Gasteiger partial charge on any atom is -0.319 e. The summed E-state index contributed by atoms with van der Waals surface area (Å²) in [6.07, 6.45) is -4.76. The lowest BCUT2D eigenvalue weighted by molar-refractivity contribution is -0.384. The number of carbonyl (C=O) groups excluding carboxylic acids is 1. The minimum absolute atomic E-state index is 0.0343. The van der Waals surface area contributed by atoms with Gasteiger partial charge in [0.2, 0.25) is 11.7 Å². The van der Waals surface area contributed by atoms with Crippen LogP contribution in [0.15, 0.2) is 36.4 Å². The molecule has 10 heteroatoms. The Morgan fingerprint density at radius 3 is 2.54 bits per heavy atom. The number of nitrogens with zero attached hydrogens (tertiary/aromatic N) is 3. The number of alkyl halides is 3. The largest absolute Gasteiger partial charge is 0.449 e. The van der Waals surface area contributed by atoms with Crippen LogP contribution < -0.4 is 5.32 Å². The van der Waals surface area contributed by atoms with Crippen molar-refractivity contribution in [2.45, 2.75) is 26.6 Å². The summed E-state index contributed by atoms with van der Waals surface area (Å²) in [7, 11) is 0. The standard InChI is InChI=1S/C18H15F3N4O3/c1-10-7-8-14(25(27)28)16(11(10)2)23-15(26)9-24-13-6-4-3-5-12(13)22-17(24)18(19,20)21/h3-8H,9H2,1-2H3,(H,23,26). The van der Waals surface area contributed by atoms with Gasteiger partial charge < -0.3 is 9.88 Å². The summed E-state index contributed by atoms with van der Waals surface area (Å²) >= 11 is 0. The van der Waals surface area contributed by atoms with E-state index < -0.39 is 29.4 Å². The second-order valence-electron chi connectivity index (χ2n) is 6.21. The Labute approximate surface area is 156 Å². The molecule has 0 spiro atoms. The Morgan fingerprint density at radius 2 is 1.89 bits per heavy atom. The van der Waals surface area contributed by atoms with E-state index in [0.717, 1.165) is 4.57 Å². The summed E-state index contributed by atoms with van der Waals surface area (Å²) in [6.45, 7) is 2.60. The number of halogens is 3. The van der Waals surface area contributed by atoms with Gasteiger partial charge in [0.15, 0.2) is 0 Å². The number of imidazole rings is 1. The minimum atomic E-state index is -4.76. The molecule has 1 aromatic heterocycles. The van der Waals surface area contributed by atoms with Crippen LogP contribution in [0.2, 0.25) is 0 Å². The number of hydrogen-bond donors (Lipinski definition) is 1. The van der Waals surface area contributed by atoms with Crippen molar-refractivity contribution in [1.29, 1.82) is 0 Å². The summed E-state index contributed by atoms with van der Waals surface area (Å²) in [4.78, 5) is 26.6. The van der Waals surface area contributed by atoms with Gasteiger partial charge in [0, 0.05) is 6.07 Å². The number of amides is 1. The summed E-state index contributed by atoms with van der Waals surface area (Å²) in [5, 5.41) is 13.6. The fraction of sp³-hybridized carbons (Fsp3) is 0.222. The third-order valence-corrected chi connectivity index (χ3v) is 4.38. The molecule has 0 bridgehead atoms. The predicted molar refractivity (Wildman–Crippen MR) is 95.9 cm³/mol. The molecule has 0 atom stereocenters. The van der Waals surface area contributed by atoms with Crippen molar-refractivity contribution in [2.24, 2.45) is 0 Å². The van der Waals surface area contributed by atoms with Gasteiger partial charge in [0.1, 0.15) is 12.2 Å². The first-order valence-corrected chi connectivity index (χ1v) is 8.16. The van der Waals surface area contributed by atoms with Crippen LogP contribution >= 0.6 is 0 Å². The van der Waals surface area contributed by atoms with Crippen LogP contribution in [-0.2, 0) is 17.5 Å². The lowest BCUT2D eigenvalue weighted by atomic mass is 10.1. The van der Waals surface area contributed by atoms with Crippen molar-refractivity contribution in [2.75, 3.05) is 5.32 Å². The van der Waals surface area contributed by atoms with Crippen LogP contribution in [0.5, 0.6) is 0 Å². The smallest absolute Gasteiger partial charge is 0.319 e. The molecule has 3 aromatic rings. The van der Waals surface area contributed by atoms with Crippen molar-refractivity contribution in [1.82, 2.24) is 9.55 Å². The van der Waals surface area contributed by atoms with E-state index in [2.05, 4.69) is 10.3 Å². The number of aromatic nitrogens is 2. The highest BCUT2D eigenvalue weighted by molar-refractivity contribution is 5.95. The van der Waals surface area contributed by atoms with Crippen LogP contribution in [0.25, 0.3) is 11.0 Å². The van der Waals surface area contributed by atoms with Gasteiger partial charge in [-0.2, -0.15) is 13.2 Å². The van der Waals surface area contributed by atoms with E-state index in [1.807, 2.05) is 0 Å². The zero-order chi connectivity index (χ0) is 20.6. The molecule has 1 N–H and O–H groups in total. The number of hydrogen-bond acceptors (Lipinski definition) is 4. The van der Waals surface area contributed by atoms with E-state index >= 15 is 0 Å². The molecule has 2 aromatic carbocycles. The molecule has 0 aliphatic heterocycles. The Kier molecular flexibility index (Phi) is 4.80. The number of para-hydroxylation sites is 2. The average Bonchev–Trinajstić information content (AvgIpc) is 2.98. The second kappa shape index (κ2) is 6.95. The third-order valence-electron chi connectivity index (χ3n) is 4.38. The zero-order valence-corrected chi connectivity index (χ0v) is 14.9. The maximum atomic E-state index is 13.3. The lowest BCUT2D eigenvalue weighted by Gasteiger charge is -2.14. The first kappa shape index (κ1) is 19.3. The first-order valence-electron chi connectivity index (χ1n) is 8.16. The summed E-state index contributed by atoms with van der Waals surface area (Å²) in [5.74, 6) is -2.04. The maximum absolute atomic E-state index is 13.3. The molecule has 146 valence electrons. The molecule has 0 aliphatic carbocycles. The summed E-state index contributed by atoms with van der Waals surface area (Å²) in [6, 6.07) is 8.69. The van der Waals surface area contributed by atoms with Crippen molar-refractivity contribution >= 4 is 28.3 Å². The van der Waals surface area contributed by atoms with Crippen LogP contribution in [0.4, 0.5) is 24.5 Å². The molecule has 0 saturated carbocycles. The number of fused-ring (bicyclic) bond motifs is 1. The first-order chi connectivity index (χ1) is 13.1. The highest BCUT2D eigenvalue weighted by atomic mass is 19.4. The average molecular weight is 392 g/mol. The fourth-order valence-corrected chi connectivity index (χ4v) is 2.89. The van der Waals surface area contributed by atoms with Gasteiger partial charge in [-0.3, -0.25) is 14.9 Å². The molecule has 7 nitrogen and oxygen atoms in total. The van der Waals surface area contributed by atoms with E-state index in [1.54, 1.807) is 19.9 Å². The Hall–Kier alpha value is -3.43. The molecular weight excluding hydrogens is 377 g/mol. The maximum Gasteiger partial charge on any atom is 0.449 e. The van der Waals surface area contributed by atoms with Gasteiger partial charge in [0.05, 0.1) is 16.0 Å². The summed E-state index contributed by atoms with van der Waals surface area (Å²) in [5.41, 5.74) is 1.04. The van der Waals surface area contributed by atoms with Gasteiger partial charge >= 0.3 is 6.18 Å². The Balaban J connectivity index is 2.00. The Bertz CT molecular complexity index is 1090. The molecule has 28 heavy (non-hydrogen) atoms. The SMILES string of the molecule is Cc1ccc([N+](=O)[O-])c(NC(=O)Cn2c(C(F)(F)F)nc3ccccc32)c1C. The van der Waals surface area contributed by atoms with Crippen molar-refractivity contribution in [3.63, 3.8) is 0 Å². The number of carbonyl (C=O) groups is 1. The highest BCUT2D eigenvalue weighted by Gasteiger charge is 2.38. The predicted octanol–water partition coefficient (Wildman–Crippen LogP) is 4.22. The number of anilines is 1. The van der Waals surface area contributed by atoms with Gasteiger partial charge in [-0.15, -0.1) is 0 Å². The Morgan fingerprint density at radius 1 is 1.21 bits per heavy atom. The van der Waals surface area contributed by atoms with Gasteiger partial charge in [-0.25, -0.2) is 4.98 Å².